The van der Waals surface area contributed by atoms with Crippen molar-refractivity contribution in [1.29, 1.82) is 0 Å². The molecule has 2 N–H and O–H groups in total. The van der Waals surface area contributed by atoms with Crippen molar-refractivity contribution in [3.8, 4) is 0 Å². The quantitative estimate of drug-likeness (QED) is 0.710. The second-order valence-corrected chi connectivity index (χ2v) is 3.07. The van der Waals surface area contributed by atoms with Gasteiger partial charge in [0.15, 0.2) is 5.78 Å². The number of pyridine rings is 1. The number of aryl methyl sites for hydroxylation is 1. The predicted molar refractivity (Wildman–Crippen MR) is 51.6 cm³/mol. The number of carbonyl (C=O) groups is 1. The highest BCUT2D eigenvalue weighted by molar-refractivity contribution is 6.00. The van der Waals surface area contributed by atoms with Gasteiger partial charge in [0.2, 0.25) is 0 Å². The number of hydrogen-bond acceptors (Lipinski definition) is 3. The van der Waals surface area contributed by atoms with Gasteiger partial charge in [0.1, 0.15) is 0 Å². The smallest absolute Gasteiger partial charge is 0.181 e. The van der Waals surface area contributed by atoms with Gasteiger partial charge >= 0.3 is 0 Å². The first kappa shape index (κ1) is 9.86. The van der Waals surface area contributed by atoms with Crippen LogP contribution in [0.1, 0.15) is 29.3 Å². The van der Waals surface area contributed by atoms with E-state index in [1.165, 1.54) is 0 Å². The zero-order valence-electron chi connectivity index (χ0n) is 7.95. The van der Waals surface area contributed by atoms with Gasteiger partial charge in [-0.05, 0) is 25.0 Å². The van der Waals surface area contributed by atoms with Gasteiger partial charge in [-0.15, -0.1) is 0 Å². The molecule has 0 radical (unpaired) electrons. The molecule has 0 aliphatic rings. The van der Waals surface area contributed by atoms with Crippen molar-refractivity contribution in [2.24, 2.45) is 5.73 Å². The number of Topliss-reactive ketones (excluding diaryl/α,β-unsaturated/α-hetero) is 1. The van der Waals surface area contributed by atoms with Gasteiger partial charge in [-0.2, -0.15) is 0 Å². The third-order valence-corrected chi connectivity index (χ3v) is 2.08. The molecule has 0 fully saturated rings. The maximum atomic E-state index is 11.6. The van der Waals surface area contributed by atoms with E-state index in [-0.39, 0.29) is 5.78 Å². The van der Waals surface area contributed by atoms with E-state index in [1.807, 2.05) is 19.9 Å². The summed E-state index contributed by atoms with van der Waals surface area (Å²) < 4.78 is 0. The minimum absolute atomic E-state index is 0.0203. The van der Waals surface area contributed by atoms with Crippen molar-refractivity contribution >= 4 is 5.78 Å². The van der Waals surface area contributed by atoms with Gasteiger partial charge < -0.3 is 5.73 Å². The second kappa shape index (κ2) is 4.14. The first-order valence-corrected chi connectivity index (χ1v) is 4.37. The fourth-order valence-corrected chi connectivity index (χ4v) is 1.11. The van der Waals surface area contributed by atoms with E-state index in [0.29, 0.717) is 12.0 Å². The van der Waals surface area contributed by atoms with Crippen LogP contribution >= 0.6 is 0 Å². The zero-order chi connectivity index (χ0) is 9.84. The Morgan fingerprint density at radius 3 is 2.92 bits per heavy atom. The van der Waals surface area contributed by atoms with Crippen molar-refractivity contribution in [1.82, 2.24) is 4.98 Å². The average molecular weight is 178 g/mol. The molecule has 0 amide bonds. The molecule has 0 aliphatic carbocycles. The van der Waals surface area contributed by atoms with Crippen LogP contribution in [0, 0.1) is 6.92 Å². The van der Waals surface area contributed by atoms with Crippen LogP contribution in [0.3, 0.4) is 0 Å². The summed E-state index contributed by atoms with van der Waals surface area (Å²) in [6, 6.07) is 1.41. The Morgan fingerprint density at radius 1 is 1.69 bits per heavy atom. The molecule has 0 aliphatic heterocycles. The Labute approximate surface area is 78.0 Å². The minimum atomic E-state index is -0.400. The Bertz CT molecular complexity index is 310. The molecule has 3 heteroatoms. The van der Waals surface area contributed by atoms with E-state index in [9.17, 15) is 4.79 Å². The molecule has 1 heterocycles. The van der Waals surface area contributed by atoms with Crippen molar-refractivity contribution in [3.05, 3.63) is 29.6 Å². The van der Waals surface area contributed by atoms with Gasteiger partial charge in [-0.1, -0.05) is 6.92 Å². The topological polar surface area (TPSA) is 56.0 Å². The third-order valence-electron chi connectivity index (χ3n) is 2.08. The van der Waals surface area contributed by atoms with Crippen molar-refractivity contribution in [2.75, 3.05) is 0 Å². The lowest BCUT2D eigenvalue weighted by molar-refractivity contribution is 0.0958. The second-order valence-electron chi connectivity index (χ2n) is 3.07. The van der Waals surface area contributed by atoms with Crippen molar-refractivity contribution in [2.45, 2.75) is 26.3 Å². The van der Waals surface area contributed by atoms with Crippen LogP contribution in [0.2, 0.25) is 0 Å². The van der Waals surface area contributed by atoms with Crippen LogP contribution in [0.15, 0.2) is 18.5 Å². The molecular formula is C10H14N2O. The summed E-state index contributed by atoms with van der Waals surface area (Å²) in [6.45, 7) is 3.78. The van der Waals surface area contributed by atoms with E-state index >= 15 is 0 Å². The molecule has 0 bridgehead atoms. The number of aromatic nitrogens is 1. The lowest BCUT2D eigenvalue weighted by Gasteiger charge is -2.08. The van der Waals surface area contributed by atoms with Crippen molar-refractivity contribution in [3.63, 3.8) is 0 Å². The molecule has 0 spiro atoms. The molecule has 0 saturated heterocycles. The normalized spacial score (nSPS) is 12.5. The van der Waals surface area contributed by atoms with Crippen molar-refractivity contribution < 1.29 is 4.79 Å². The van der Waals surface area contributed by atoms with E-state index in [1.54, 1.807) is 12.4 Å². The minimum Gasteiger partial charge on any atom is -0.321 e. The van der Waals surface area contributed by atoms with Gasteiger partial charge in [-0.3, -0.25) is 9.78 Å². The van der Waals surface area contributed by atoms with Crippen LogP contribution in [-0.4, -0.2) is 16.8 Å². The molecule has 1 aromatic rings. The van der Waals surface area contributed by atoms with Crippen LogP contribution < -0.4 is 5.73 Å². The molecule has 0 aromatic carbocycles. The van der Waals surface area contributed by atoms with Gasteiger partial charge in [0, 0.05) is 18.0 Å². The van der Waals surface area contributed by atoms with Crippen LogP contribution in [-0.2, 0) is 0 Å². The van der Waals surface area contributed by atoms with Crippen LogP contribution in [0.4, 0.5) is 0 Å². The Balaban J connectivity index is 2.95. The molecule has 70 valence electrons. The highest BCUT2D eigenvalue weighted by Gasteiger charge is 2.15. The number of rotatable bonds is 3. The average Bonchev–Trinajstić information content (AvgIpc) is 2.16. The molecule has 13 heavy (non-hydrogen) atoms. The standard InChI is InChI=1S/C10H14N2O/c1-3-9(11)10(13)8-6-12-5-4-7(8)2/h4-6,9H,3,11H2,1-2H3. The number of carbonyl (C=O) groups excluding carboxylic acids is 1. The maximum Gasteiger partial charge on any atom is 0.181 e. The summed E-state index contributed by atoms with van der Waals surface area (Å²) in [5, 5.41) is 0. The fourth-order valence-electron chi connectivity index (χ4n) is 1.11. The molecule has 1 rings (SSSR count). The first-order valence-electron chi connectivity index (χ1n) is 4.37. The Kier molecular flexibility index (Phi) is 3.14. The number of ketones is 1. The van der Waals surface area contributed by atoms with Gasteiger partial charge in [0.25, 0.3) is 0 Å². The third kappa shape index (κ3) is 2.12. The fraction of sp³-hybridized carbons (Fsp3) is 0.400. The summed E-state index contributed by atoms with van der Waals surface area (Å²) in [6.07, 6.45) is 3.91. The summed E-state index contributed by atoms with van der Waals surface area (Å²) >= 11 is 0. The molecule has 3 nitrogen and oxygen atoms in total. The monoisotopic (exact) mass is 178 g/mol. The number of hydrogen-bond donors (Lipinski definition) is 1. The highest BCUT2D eigenvalue weighted by atomic mass is 16.1. The number of nitrogens with zero attached hydrogens (tertiary/aromatic N) is 1. The predicted octanol–water partition coefficient (Wildman–Crippen LogP) is 1.31. The van der Waals surface area contributed by atoms with E-state index < -0.39 is 6.04 Å². The zero-order valence-corrected chi connectivity index (χ0v) is 7.95. The summed E-state index contributed by atoms with van der Waals surface area (Å²) in [5.74, 6) is -0.0203. The van der Waals surface area contributed by atoms with E-state index in [0.717, 1.165) is 5.56 Å². The summed E-state index contributed by atoms with van der Waals surface area (Å²) in [4.78, 5) is 15.5. The van der Waals surface area contributed by atoms with Gasteiger partial charge in [-0.25, -0.2) is 0 Å². The first-order chi connectivity index (χ1) is 6.16. The lowest BCUT2D eigenvalue weighted by Crippen LogP contribution is -2.30. The molecule has 1 aromatic heterocycles. The maximum absolute atomic E-state index is 11.6. The molecule has 0 saturated carbocycles. The van der Waals surface area contributed by atoms with Gasteiger partial charge in [0.05, 0.1) is 6.04 Å². The molecule has 1 atom stereocenters. The SMILES string of the molecule is CCC(N)C(=O)c1cnccc1C. The summed E-state index contributed by atoms with van der Waals surface area (Å²) in [5.41, 5.74) is 7.21. The highest BCUT2D eigenvalue weighted by Crippen LogP contribution is 2.08. The van der Waals surface area contributed by atoms with Crippen LogP contribution in [0.25, 0.3) is 0 Å². The molecular weight excluding hydrogens is 164 g/mol. The van der Waals surface area contributed by atoms with E-state index in [2.05, 4.69) is 4.98 Å². The number of nitrogens with two attached hydrogens (primary N) is 1. The lowest BCUT2D eigenvalue weighted by atomic mass is 10.0. The van der Waals surface area contributed by atoms with E-state index in [4.69, 9.17) is 5.73 Å². The summed E-state index contributed by atoms with van der Waals surface area (Å²) in [7, 11) is 0. The largest absolute Gasteiger partial charge is 0.321 e. The molecule has 1 unspecified atom stereocenters. The Hall–Kier alpha value is -1.22. The Morgan fingerprint density at radius 2 is 2.38 bits per heavy atom. The van der Waals surface area contributed by atoms with Crippen LogP contribution in [0.5, 0.6) is 0 Å².